The maximum absolute atomic E-state index is 5.13. The van der Waals surface area contributed by atoms with E-state index in [-0.39, 0.29) is 0 Å². The van der Waals surface area contributed by atoms with Crippen LogP contribution in [0, 0.1) is 0 Å². The molecule has 0 aliphatic heterocycles. The molecular weight excluding hydrogens is 522 g/mol. The first-order valence-electron chi connectivity index (χ1n) is 15.0. The van der Waals surface area contributed by atoms with Gasteiger partial charge in [-0.25, -0.2) is 0 Å². The average molecular weight is 558 g/mol. The maximum atomic E-state index is 5.13. The topological polar surface area (TPSA) is 38.7 Å². The second kappa shape index (κ2) is 13.7. The Hall–Kier alpha value is -5.15. The third-order valence-corrected chi connectivity index (χ3v) is 7.75. The molecule has 3 nitrogen and oxygen atoms in total. The van der Waals surface area contributed by atoms with Gasteiger partial charge in [0.1, 0.15) is 0 Å². The fourth-order valence-corrected chi connectivity index (χ4v) is 5.53. The first-order valence-corrected chi connectivity index (χ1v) is 15.0. The van der Waals surface area contributed by atoms with E-state index in [0.29, 0.717) is 5.92 Å². The van der Waals surface area contributed by atoms with Gasteiger partial charge in [-0.15, -0.1) is 0 Å². The summed E-state index contributed by atoms with van der Waals surface area (Å²) in [7, 11) is 0. The molecule has 0 bridgehead atoms. The molecule has 1 atom stereocenters. The summed E-state index contributed by atoms with van der Waals surface area (Å²) in [4.78, 5) is 14.7. The second-order valence-electron chi connectivity index (χ2n) is 10.8. The summed E-state index contributed by atoms with van der Waals surface area (Å²) in [5.74, 6) is 0.336. The minimum Gasteiger partial charge on any atom is -0.257 e. The Morgan fingerprint density at radius 1 is 0.698 bits per heavy atom. The highest BCUT2D eigenvalue weighted by molar-refractivity contribution is 5.80. The zero-order chi connectivity index (χ0) is 29.3. The van der Waals surface area contributed by atoms with Crippen molar-refractivity contribution in [3.63, 3.8) is 0 Å². The number of aromatic nitrogens is 3. The average Bonchev–Trinajstić information content (AvgIpc) is 3.09. The molecule has 0 radical (unpaired) electrons. The van der Waals surface area contributed by atoms with Crippen molar-refractivity contribution in [3.05, 3.63) is 164 Å². The fourth-order valence-electron chi connectivity index (χ4n) is 5.53. The van der Waals surface area contributed by atoms with Crippen molar-refractivity contribution in [2.45, 2.75) is 31.6 Å². The van der Waals surface area contributed by atoms with Crippen LogP contribution in [-0.2, 0) is 6.42 Å². The van der Waals surface area contributed by atoms with E-state index in [1.54, 1.807) is 6.08 Å². The molecule has 3 aromatic heterocycles. The second-order valence-corrected chi connectivity index (χ2v) is 10.8. The normalized spacial score (nSPS) is 14.8. The van der Waals surface area contributed by atoms with Crippen LogP contribution in [0.15, 0.2) is 153 Å². The van der Waals surface area contributed by atoms with Crippen molar-refractivity contribution in [2.75, 3.05) is 0 Å². The Labute approximate surface area is 254 Å². The van der Waals surface area contributed by atoms with Gasteiger partial charge in [-0.05, 0) is 84.5 Å². The number of benzene rings is 2. The molecular formula is C40H35N3. The van der Waals surface area contributed by atoms with Gasteiger partial charge >= 0.3 is 0 Å². The molecule has 210 valence electrons. The predicted octanol–water partition coefficient (Wildman–Crippen LogP) is 10.2. The molecule has 1 aliphatic rings. The fraction of sp³-hybridized carbons (Fsp3) is 0.125. The summed E-state index contributed by atoms with van der Waals surface area (Å²) in [5, 5.41) is 0. The lowest BCUT2D eigenvalue weighted by Crippen LogP contribution is -2.04. The highest BCUT2D eigenvalue weighted by Gasteiger charge is 2.16. The van der Waals surface area contributed by atoms with Gasteiger partial charge in [-0.2, -0.15) is 0 Å². The van der Waals surface area contributed by atoms with Gasteiger partial charge in [0.25, 0.3) is 0 Å². The zero-order valence-electron chi connectivity index (χ0n) is 24.3. The quantitative estimate of drug-likeness (QED) is 0.134. The van der Waals surface area contributed by atoms with E-state index < -0.39 is 0 Å². The van der Waals surface area contributed by atoms with Crippen molar-refractivity contribution >= 4 is 0 Å². The maximum Gasteiger partial charge on any atom is 0.0702 e. The van der Waals surface area contributed by atoms with E-state index in [0.717, 1.165) is 75.4 Å². The third kappa shape index (κ3) is 7.02. The Balaban J connectivity index is 1.44. The molecule has 2 aromatic carbocycles. The van der Waals surface area contributed by atoms with Crippen molar-refractivity contribution in [1.29, 1.82) is 0 Å². The van der Waals surface area contributed by atoms with E-state index in [1.165, 1.54) is 6.42 Å². The Morgan fingerprint density at radius 3 is 2.21 bits per heavy atom. The molecule has 0 N–H and O–H groups in total. The zero-order valence-corrected chi connectivity index (χ0v) is 24.3. The number of allylic oxidation sites excluding steroid dienone is 7. The lowest BCUT2D eigenvalue weighted by Gasteiger charge is -2.18. The van der Waals surface area contributed by atoms with E-state index in [1.807, 2.05) is 42.7 Å². The lowest BCUT2D eigenvalue weighted by molar-refractivity contribution is 0.639. The SMILES string of the molecule is C=C/C=C\C=C/Cc1cc(-c2cc(-c3ccccn3)cc(-c3ccc(-c4ccccc4)cn3)c2)cc(C2C=CCCC2)n1. The first-order chi connectivity index (χ1) is 21.3. The van der Waals surface area contributed by atoms with Crippen molar-refractivity contribution in [1.82, 2.24) is 15.0 Å². The Morgan fingerprint density at radius 2 is 1.49 bits per heavy atom. The standard InChI is InChI=1S/C40H35N3/c1-2-3-4-5-12-19-37-27-34(28-40(43-37)31-17-10-7-11-18-31)33-24-35(38-20-13-14-23-41-38)26-36(25-33)39-22-21-32(29-42-39)30-15-8-6-9-16-30/h2-6,8-10,12-17,20-29,31H,1,7,11,18-19H2/b4-3-,12-5-. The van der Waals surface area contributed by atoms with Crippen molar-refractivity contribution in [2.24, 2.45) is 0 Å². The predicted molar refractivity (Wildman–Crippen MR) is 179 cm³/mol. The highest BCUT2D eigenvalue weighted by Crippen LogP contribution is 2.35. The number of rotatable bonds is 9. The van der Waals surface area contributed by atoms with E-state index in [4.69, 9.17) is 9.97 Å². The number of pyridine rings is 3. The van der Waals surface area contributed by atoms with Gasteiger partial charge < -0.3 is 0 Å². The molecule has 0 saturated heterocycles. The van der Waals surface area contributed by atoms with Crippen LogP contribution in [0.1, 0.15) is 36.6 Å². The summed E-state index contributed by atoms with van der Waals surface area (Å²) in [5.41, 5.74) is 10.7. The molecule has 0 amide bonds. The molecule has 1 aliphatic carbocycles. The summed E-state index contributed by atoms with van der Waals surface area (Å²) >= 11 is 0. The van der Waals surface area contributed by atoms with Crippen LogP contribution in [0.5, 0.6) is 0 Å². The number of hydrogen-bond acceptors (Lipinski definition) is 3. The van der Waals surface area contributed by atoms with Gasteiger partial charge in [0, 0.05) is 52.8 Å². The van der Waals surface area contributed by atoms with Crippen molar-refractivity contribution in [3.8, 4) is 44.8 Å². The van der Waals surface area contributed by atoms with E-state index >= 15 is 0 Å². The van der Waals surface area contributed by atoms with Gasteiger partial charge in [-0.1, -0.05) is 91.6 Å². The Kier molecular flexibility index (Phi) is 8.90. The van der Waals surface area contributed by atoms with Gasteiger partial charge in [0.2, 0.25) is 0 Å². The molecule has 3 heteroatoms. The van der Waals surface area contributed by atoms with Crippen molar-refractivity contribution < 1.29 is 0 Å². The smallest absolute Gasteiger partial charge is 0.0702 e. The van der Waals surface area contributed by atoms with Gasteiger partial charge in [0.05, 0.1) is 11.4 Å². The molecule has 3 heterocycles. The van der Waals surface area contributed by atoms with E-state index in [2.05, 4.69) is 109 Å². The summed E-state index contributed by atoms with van der Waals surface area (Å²) in [6.45, 7) is 3.75. The molecule has 1 unspecified atom stereocenters. The van der Waals surface area contributed by atoms with Crippen LogP contribution in [0.2, 0.25) is 0 Å². The molecule has 5 aromatic rings. The van der Waals surface area contributed by atoms with Gasteiger partial charge in [-0.3, -0.25) is 15.0 Å². The highest BCUT2D eigenvalue weighted by atomic mass is 14.7. The third-order valence-electron chi connectivity index (χ3n) is 7.75. The monoisotopic (exact) mass is 557 g/mol. The van der Waals surface area contributed by atoms with Crippen LogP contribution in [0.4, 0.5) is 0 Å². The molecule has 0 spiro atoms. The van der Waals surface area contributed by atoms with Crippen LogP contribution >= 0.6 is 0 Å². The van der Waals surface area contributed by atoms with E-state index in [9.17, 15) is 0 Å². The molecule has 6 rings (SSSR count). The van der Waals surface area contributed by atoms with Crippen LogP contribution < -0.4 is 0 Å². The van der Waals surface area contributed by atoms with Gasteiger partial charge in [0.15, 0.2) is 0 Å². The number of nitrogens with zero attached hydrogens (tertiary/aromatic N) is 3. The van der Waals surface area contributed by atoms with Crippen LogP contribution in [0.25, 0.3) is 44.8 Å². The minimum atomic E-state index is 0.336. The van der Waals surface area contributed by atoms with Crippen LogP contribution in [-0.4, -0.2) is 15.0 Å². The summed E-state index contributed by atoms with van der Waals surface area (Å²) in [6.07, 6.45) is 22.6. The molecule has 0 fully saturated rings. The molecule has 43 heavy (non-hydrogen) atoms. The summed E-state index contributed by atoms with van der Waals surface area (Å²) < 4.78 is 0. The largest absolute Gasteiger partial charge is 0.257 e. The first kappa shape index (κ1) is 28.0. The minimum absolute atomic E-state index is 0.336. The number of hydrogen-bond donors (Lipinski definition) is 0. The Bertz CT molecular complexity index is 1760. The molecule has 0 saturated carbocycles. The lowest BCUT2D eigenvalue weighted by atomic mass is 9.90. The summed E-state index contributed by atoms with van der Waals surface area (Å²) in [6, 6.07) is 31.9. The van der Waals surface area contributed by atoms with Crippen LogP contribution in [0.3, 0.4) is 0 Å².